The van der Waals surface area contributed by atoms with Gasteiger partial charge >= 0.3 is 0 Å². The van der Waals surface area contributed by atoms with E-state index in [-0.39, 0.29) is 11.5 Å². The van der Waals surface area contributed by atoms with Gasteiger partial charge in [-0.05, 0) is 24.7 Å². The number of hydrogen-bond acceptors (Lipinski definition) is 2. The van der Waals surface area contributed by atoms with Crippen LogP contribution in [0.3, 0.4) is 0 Å². The first kappa shape index (κ1) is 11.9. The molecule has 0 heterocycles. The minimum atomic E-state index is 0.277. The smallest absolute Gasteiger partial charge is 0.0492 e. The number of ether oxygens (including phenoxy) is 1. The SMILES string of the molecule is COCC(C)C(C)(C)CC(C)N. The van der Waals surface area contributed by atoms with E-state index in [1.165, 1.54) is 0 Å². The van der Waals surface area contributed by atoms with E-state index < -0.39 is 0 Å². The van der Waals surface area contributed by atoms with E-state index in [1.807, 2.05) is 0 Å². The van der Waals surface area contributed by atoms with Crippen LogP contribution >= 0.6 is 0 Å². The summed E-state index contributed by atoms with van der Waals surface area (Å²) in [6.45, 7) is 9.59. The molecule has 0 bridgehead atoms. The largest absolute Gasteiger partial charge is 0.384 e. The second kappa shape index (κ2) is 4.83. The van der Waals surface area contributed by atoms with E-state index in [2.05, 4.69) is 27.7 Å². The Bertz CT molecular complexity index is 121. The fraction of sp³-hybridized carbons (Fsp3) is 1.00. The number of nitrogens with two attached hydrogens (primary N) is 1. The third kappa shape index (κ3) is 4.07. The molecule has 0 aliphatic heterocycles. The van der Waals surface area contributed by atoms with Crippen molar-refractivity contribution in [1.29, 1.82) is 0 Å². The molecule has 0 aromatic heterocycles. The second-order valence-electron chi connectivity index (χ2n) is 4.53. The van der Waals surface area contributed by atoms with E-state index in [1.54, 1.807) is 7.11 Å². The molecule has 0 fully saturated rings. The van der Waals surface area contributed by atoms with Crippen molar-refractivity contribution in [3.63, 3.8) is 0 Å². The molecule has 2 heteroatoms. The molecule has 0 aliphatic carbocycles. The standard InChI is InChI=1S/C10H23NO/c1-8(7-12-5)10(3,4)6-9(2)11/h8-9H,6-7,11H2,1-5H3. The first-order valence-corrected chi connectivity index (χ1v) is 4.64. The van der Waals surface area contributed by atoms with Gasteiger partial charge in [0.2, 0.25) is 0 Å². The van der Waals surface area contributed by atoms with Gasteiger partial charge in [0.15, 0.2) is 0 Å². The Morgan fingerprint density at radius 2 is 1.83 bits per heavy atom. The topological polar surface area (TPSA) is 35.2 Å². The van der Waals surface area contributed by atoms with Crippen molar-refractivity contribution < 1.29 is 4.74 Å². The lowest BCUT2D eigenvalue weighted by atomic mass is 9.76. The summed E-state index contributed by atoms with van der Waals surface area (Å²) in [5.41, 5.74) is 6.05. The van der Waals surface area contributed by atoms with Crippen LogP contribution in [-0.2, 0) is 4.74 Å². The predicted molar refractivity (Wildman–Crippen MR) is 53.1 cm³/mol. The summed E-state index contributed by atoms with van der Waals surface area (Å²) in [5.74, 6) is 0.563. The Kier molecular flexibility index (Phi) is 4.80. The van der Waals surface area contributed by atoms with Crippen molar-refractivity contribution >= 4 is 0 Å². The third-order valence-corrected chi connectivity index (χ3v) is 2.60. The Labute approximate surface area is 76.5 Å². The first-order chi connectivity index (χ1) is 5.40. The molecule has 0 spiro atoms. The first-order valence-electron chi connectivity index (χ1n) is 4.64. The Morgan fingerprint density at radius 1 is 1.33 bits per heavy atom. The summed E-state index contributed by atoms with van der Waals surface area (Å²) in [6, 6.07) is 0.277. The van der Waals surface area contributed by atoms with Crippen LogP contribution in [0.25, 0.3) is 0 Å². The summed E-state index contributed by atoms with van der Waals surface area (Å²) >= 11 is 0. The predicted octanol–water partition coefficient (Wildman–Crippen LogP) is 2.03. The van der Waals surface area contributed by atoms with Gasteiger partial charge in [0.05, 0.1) is 0 Å². The molecule has 12 heavy (non-hydrogen) atoms. The van der Waals surface area contributed by atoms with Crippen LogP contribution in [0.5, 0.6) is 0 Å². The zero-order chi connectivity index (χ0) is 9.78. The quantitative estimate of drug-likeness (QED) is 0.690. The van der Waals surface area contributed by atoms with Crippen LogP contribution in [0, 0.1) is 11.3 Å². The molecule has 0 aliphatic rings. The fourth-order valence-electron chi connectivity index (χ4n) is 1.51. The zero-order valence-corrected chi connectivity index (χ0v) is 9.05. The highest BCUT2D eigenvalue weighted by Crippen LogP contribution is 2.31. The van der Waals surface area contributed by atoms with Gasteiger partial charge in [0.25, 0.3) is 0 Å². The van der Waals surface area contributed by atoms with Gasteiger partial charge in [-0.3, -0.25) is 0 Å². The molecule has 0 rings (SSSR count). The number of hydrogen-bond donors (Lipinski definition) is 1. The molecule has 0 saturated heterocycles. The summed E-state index contributed by atoms with van der Waals surface area (Å²) in [5, 5.41) is 0. The molecule has 0 amide bonds. The van der Waals surface area contributed by atoms with E-state index in [0.717, 1.165) is 13.0 Å². The lowest BCUT2D eigenvalue weighted by molar-refractivity contribution is 0.0829. The molecule has 0 saturated carbocycles. The highest BCUT2D eigenvalue weighted by atomic mass is 16.5. The van der Waals surface area contributed by atoms with E-state index in [9.17, 15) is 0 Å². The van der Waals surface area contributed by atoms with Crippen LogP contribution in [0.4, 0.5) is 0 Å². The van der Waals surface area contributed by atoms with Crippen LogP contribution in [-0.4, -0.2) is 19.8 Å². The van der Waals surface area contributed by atoms with Crippen LogP contribution < -0.4 is 5.73 Å². The molecular formula is C10H23NO. The molecule has 2 unspecified atom stereocenters. The van der Waals surface area contributed by atoms with E-state index >= 15 is 0 Å². The molecule has 2 nitrogen and oxygen atoms in total. The van der Waals surface area contributed by atoms with Gasteiger partial charge in [-0.25, -0.2) is 0 Å². The van der Waals surface area contributed by atoms with Gasteiger partial charge in [-0.1, -0.05) is 20.8 Å². The highest BCUT2D eigenvalue weighted by Gasteiger charge is 2.26. The maximum atomic E-state index is 5.77. The summed E-state index contributed by atoms with van der Waals surface area (Å²) in [7, 11) is 1.75. The van der Waals surface area contributed by atoms with Gasteiger partial charge in [0.1, 0.15) is 0 Å². The normalized spacial score (nSPS) is 17.5. The monoisotopic (exact) mass is 173 g/mol. The maximum absolute atomic E-state index is 5.77. The minimum absolute atomic E-state index is 0.277. The van der Waals surface area contributed by atoms with Crippen LogP contribution in [0.2, 0.25) is 0 Å². The Hall–Kier alpha value is -0.0800. The third-order valence-electron chi connectivity index (χ3n) is 2.60. The summed E-state index contributed by atoms with van der Waals surface area (Å²) in [4.78, 5) is 0. The van der Waals surface area contributed by atoms with Gasteiger partial charge in [0, 0.05) is 19.8 Å². The Balaban J connectivity index is 3.99. The van der Waals surface area contributed by atoms with E-state index in [0.29, 0.717) is 5.92 Å². The van der Waals surface area contributed by atoms with Crippen LogP contribution in [0.15, 0.2) is 0 Å². The molecule has 74 valence electrons. The van der Waals surface area contributed by atoms with Gasteiger partial charge in [-0.2, -0.15) is 0 Å². The van der Waals surface area contributed by atoms with Crippen LogP contribution in [0.1, 0.15) is 34.1 Å². The summed E-state index contributed by atoms with van der Waals surface area (Å²) in [6.07, 6.45) is 1.05. The summed E-state index contributed by atoms with van der Waals surface area (Å²) < 4.78 is 5.13. The molecule has 0 aromatic carbocycles. The van der Waals surface area contributed by atoms with Crippen molar-refractivity contribution in [1.82, 2.24) is 0 Å². The van der Waals surface area contributed by atoms with Gasteiger partial charge in [-0.15, -0.1) is 0 Å². The molecule has 0 radical (unpaired) electrons. The van der Waals surface area contributed by atoms with Crippen molar-refractivity contribution in [3.05, 3.63) is 0 Å². The van der Waals surface area contributed by atoms with Crippen molar-refractivity contribution in [3.8, 4) is 0 Å². The lowest BCUT2D eigenvalue weighted by Gasteiger charge is -2.32. The van der Waals surface area contributed by atoms with Crippen molar-refractivity contribution in [2.45, 2.75) is 40.2 Å². The average Bonchev–Trinajstić information content (AvgIpc) is 1.85. The lowest BCUT2D eigenvalue weighted by Crippen LogP contribution is -2.32. The maximum Gasteiger partial charge on any atom is 0.0492 e. The van der Waals surface area contributed by atoms with Crippen molar-refractivity contribution in [2.75, 3.05) is 13.7 Å². The number of rotatable bonds is 5. The molecule has 2 atom stereocenters. The van der Waals surface area contributed by atoms with E-state index in [4.69, 9.17) is 10.5 Å². The average molecular weight is 173 g/mol. The molecular weight excluding hydrogens is 150 g/mol. The molecule has 0 aromatic rings. The van der Waals surface area contributed by atoms with Crippen molar-refractivity contribution in [2.24, 2.45) is 17.1 Å². The zero-order valence-electron chi connectivity index (χ0n) is 9.05. The minimum Gasteiger partial charge on any atom is -0.384 e. The number of methoxy groups -OCH3 is 1. The highest BCUT2D eigenvalue weighted by molar-refractivity contribution is 4.78. The Morgan fingerprint density at radius 3 is 2.17 bits per heavy atom. The second-order valence-corrected chi connectivity index (χ2v) is 4.53. The van der Waals surface area contributed by atoms with Gasteiger partial charge < -0.3 is 10.5 Å². The fourth-order valence-corrected chi connectivity index (χ4v) is 1.51. The molecule has 2 N–H and O–H groups in total.